The van der Waals surface area contributed by atoms with Gasteiger partial charge in [-0.2, -0.15) is 0 Å². The van der Waals surface area contributed by atoms with E-state index in [1.807, 2.05) is 0 Å². The van der Waals surface area contributed by atoms with E-state index in [2.05, 4.69) is 297 Å². The van der Waals surface area contributed by atoms with Gasteiger partial charge >= 0.3 is 0 Å². The third kappa shape index (κ3) is 7.71. The minimum absolute atomic E-state index is 0.121. The zero-order chi connectivity index (χ0) is 55.7. The van der Waals surface area contributed by atoms with Gasteiger partial charge in [-0.1, -0.05) is 217 Å². The van der Waals surface area contributed by atoms with Crippen molar-refractivity contribution in [1.82, 2.24) is 0 Å². The molecule has 396 valence electrons. The second kappa shape index (κ2) is 18.5. The van der Waals surface area contributed by atoms with Gasteiger partial charge in [0, 0.05) is 55.1 Å². The highest BCUT2D eigenvalue weighted by atomic mass is 16.3. The highest BCUT2D eigenvalue weighted by molar-refractivity contribution is 6.16. The molecule has 0 fully saturated rings. The molecule has 0 saturated carbocycles. The van der Waals surface area contributed by atoms with Crippen LogP contribution in [0.1, 0.15) is 97.2 Å². The Bertz CT molecular complexity index is 4620. The Hall–Kier alpha value is -9.12. The average molecular weight is 1050 g/mol. The predicted molar refractivity (Wildman–Crippen MR) is 342 cm³/mol. The topological polar surface area (TPSA) is 32.8 Å². The Balaban J connectivity index is 1.10. The molecule has 1 aliphatic carbocycles. The first-order valence-corrected chi connectivity index (χ1v) is 28.6. The maximum atomic E-state index is 7.31. The van der Waals surface area contributed by atoms with Crippen molar-refractivity contribution in [3.63, 3.8) is 0 Å². The maximum absolute atomic E-state index is 7.31. The maximum Gasteiger partial charge on any atom is 0.159 e. The Morgan fingerprint density at radius 2 is 0.778 bits per heavy atom. The fraction of sp³-hybridized carbons (Fsp3) is 0.169. The summed E-state index contributed by atoms with van der Waals surface area (Å²) in [6, 6.07) is 81.5. The van der Waals surface area contributed by atoms with Crippen LogP contribution in [0, 0.1) is 27.7 Å². The van der Waals surface area contributed by atoms with Crippen LogP contribution in [-0.4, -0.2) is 0 Å². The van der Waals surface area contributed by atoms with Crippen molar-refractivity contribution in [2.75, 3.05) is 9.80 Å². The predicted octanol–water partition coefficient (Wildman–Crippen LogP) is 21.8. The molecule has 2 aromatic heterocycles. The molecule has 1 aliphatic rings. The van der Waals surface area contributed by atoms with E-state index in [-0.39, 0.29) is 10.8 Å². The van der Waals surface area contributed by atoms with E-state index in [1.54, 1.807) is 0 Å². The minimum atomic E-state index is -0.789. The molecule has 2 heterocycles. The van der Waals surface area contributed by atoms with E-state index in [9.17, 15) is 0 Å². The summed E-state index contributed by atoms with van der Waals surface area (Å²) in [6.45, 7) is 22.5. The number of benzene rings is 11. The Morgan fingerprint density at radius 1 is 0.333 bits per heavy atom. The minimum Gasteiger partial charge on any atom is -0.454 e. The molecule has 13 aromatic rings. The molecule has 0 unspecified atom stereocenters. The standard InChI is InChI=1S/C77H66N2O2/c1-47-37-39-49(3)67(43-47)78(65-35-21-31-58-56-29-19-33-61(75(5,6)7)71(56)80-73(58)65)53-41-42-60-63(45-53)77(51-23-13-11-14-24-51,52-25-15-12-16-26-52)64-46-69(54-27-17-18-28-55(54)70(60)64)79(68-44-48(2)38-40-50(68)4)66-36-22-32-59-57-30-20-34-62(76(8,9)10)72(57)81-74(59)66/h11-46H,1-10H3. The third-order valence-electron chi connectivity index (χ3n) is 17.3. The molecule has 4 nitrogen and oxygen atoms in total. The van der Waals surface area contributed by atoms with Gasteiger partial charge in [0.2, 0.25) is 0 Å². The van der Waals surface area contributed by atoms with Crippen LogP contribution in [0.15, 0.2) is 227 Å². The molecule has 0 N–H and O–H groups in total. The molecular formula is C77H66N2O2. The number of anilines is 6. The monoisotopic (exact) mass is 1050 g/mol. The van der Waals surface area contributed by atoms with Crippen molar-refractivity contribution in [3.8, 4) is 11.1 Å². The fourth-order valence-electron chi connectivity index (χ4n) is 13.5. The summed E-state index contributed by atoms with van der Waals surface area (Å²) in [6.07, 6.45) is 0. The molecule has 0 atom stereocenters. The molecule has 81 heavy (non-hydrogen) atoms. The molecule has 0 amide bonds. The van der Waals surface area contributed by atoms with Gasteiger partial charge in [-0.15, -0.1) is 0 Å². The van der Waals surface area contributed by atoms with Gasteiger partial charge in [0.25, 0.3) is 0 Å². The quantitative estimate of drug-likeness (QED) is 0.152. The van der Waals surface area contributed by atoms with Crippen LogP contribution < -0.4 is 9.80 Å². The Kier molecular flexibility index (Phi) is 11.4. The second-order valence-corrected chi connectivity index (χ2v) is 24.7. The molecule has 11 aromatic carbocycles. The largest absolute Gasteiger partial charge is 0.454 e. The van der Waals surface area contributed by atoms with Crippen LogP contribution in [0.3, 0.4) is 0 Å². The van der Waals surface area contributed by atoms with E-state index in [1.165, 1.54) is 72.1 Å². The number of rotatable bonds is 8. The summed E-state index contributed by atoms with van der Waals surface area (Å²) in [5.74, 6) is 0. The van der Waals surface area contributed by atoms with Crippen LogP contribution in [0.4, 0.5) is 34.1 Å². The van der Waals surface area contributed by atoms with Crippen molar-refractivity contribution in [2.45, 2.75) is 85.5 Å². The molecule has 0 aliphatic heterocycles. The van der Waals surface area contributed by atoms with Gasteiger partial charge in [0.05, 0.1) is 22.5 Å². The van der Waals surface area contributed by atoms with E-state index in [4.69, 9.17) is 8.83 Å². The molecule has 0 radical (unpaired) electrons. The zero-order valence-electron chi connectivity index (χ0n) is 48.0. The van der Waals surface area contributed by atoms with Crippen LogP contribution >= 0.6 is 0 Å². The summed E-state index contributed by atoms with van der Waals surface area (Å²) in [7, 11) is 0. The van der Waals surface area contributed by atoms with Crippen LogP contribution in [0.2, 0.25) is 0 Å². The lowest BCUT2D eigenvalue weighted by molar-refractivity contribution is 0.572. The van der Waals surface area contributed by atoms with E-state index in [0.717, 1.165) is 83.4 Å². The Morgan fingerprint density at radius 3 is 1.30 bits per heavy atom. The second-order valence-electron chi connectivity index (χ2n) is 24.7. The highest BCUT2D eigenvalue weighted by Crippen LogP contribution is 2.61. The van der Waals surface area contributed by atoms with Crippen molar-refractivity contribution < 1.29 is 8.83 Å². The molecule has 14 rings (SSSR count). The lowest BCUT2D eigenvalue weighted by Gasteiger charge is -2.36. The van der Waals surface area contributed by atoms with Gasteiger partial charge in [0.15, 0.2) is 11.2 Å². The van der Waals surface area contributed by atoms with Gasteiger partial charge < -0.3 is 18.6 Å². The summed E-state index contributed by atoms with van der Waals surface area (Å²) >= 11 is 0. The lowest BCUT2D eigenvalue weighted by atomic mass is 9.67. The summed E-state index contributed by atoms with van der Waals surface area (Å²) in [4.78, 5) is 4.96. The van der Waals surface area contributed by atoms with Gasteiger partial charge in [-0.25, -0.2) is 0 Å². The fourth-order valence-corrected chi connectivity index (χ4v) is 13.5. The van der Waals surface area contributed by atoms with Crippen molar-refractivity contribution in [1.29, 1.82) is 0 Å². The number of furan rings is 2. The van der Waals surface area contributed by atoms with E-state index < -0.39 is 5.41 Å². The first-order chi connectivity index (χ1) is 39.1. The first-order valence-electron chi connectivity index (χ1n) is 28.6. The molecule has 0 spiro atoms. The number of aryl methyl sites for hydroxylation is 4. The molecule has 0 bridgehead atoms. The Labute approximate surface area is 475 Å². The SMILES string of the molecule is Cc1ccc(C)c(N(c2ccc3c(c2)C(c2ccccc2)(c2ccccc2)c2cc(N(c4cc(C)ccc4C)c4cccc5c4oc4c(C(C)(C)C)cccc45)c4ccccc4c2-3)c2cccc3c2oc2c(C(C)(C)C)cccc23)c1. The molecule has 4 heteroatoms. The summed E-state index contributed by atoms with van der Waals surface area (Å²) in [5.41, 5.74) is 23.2. The number of nitrogens with zero attached hydrogens (tertiary/aromatic N) is 2. The summed E-state index contributed by atoms with van der Waals surface area (Å²) in [5, 5.41) is 6.78. The smallest absolute Gasteiger partial charge is 0.159 e. The van der Waals surface area contributed by atoms with Gasteiger partial charge in [0.1, 0.15) is 11.2 Å². The highest BCUT2D eigenvalue weighted by Gasteiger charge is 2.48. The molecular weight excluding hydrogens is 985 g/mol. The number of para-hydroxylation sites is 4. The number of fused-ring (bicyclic) bond motifs is 11. The van der Waals surface area contributed by atoms with Crippen molar-refractivity contribution in [3.05, 3.63) is 274 Å². The number of hydrogen-bond donors (Lipinski definition) is 0. The van der Waals surface area contributed by atoms with Crippen LogP contribution in [0.25, 0.3) is 65.8 Å². The lowest BCUT2D eigenvalue weighted by Crippen LogP contribution is -2.29. The van der Waals surface area contributed by atoms with E-state index >= 15 is 0 Å². The van der Waals surface area contributed by atoms with Crippen LogP contribution in [0.5, 0.6) is 0 Å². The van der Waals surface area contributed by atoms with E-state index in [0.29, 0.717) is 0 Å². The first kappa shape index (κ1) is 50.1. The van der Waals surface area contributed by atoms with Crippen molar-refractivity contribution in [2.24, 2.45) is 0 Å². The van der Waals surface area contributed by atoms with Gasteiger partial charge in [-0.05, 0) is 142 Å². The van der Waals surface area contributed by atoms with Gasteiger partial charge in [-0.3, -0.25) is 0 Å². The average Bonchev–Trinajstić information content (AvgIpc) is 3.71. The third-order valence-corrected chi connectivity index (χ3v) is 17.3. The normalized spacial score (nSPS) is 13.2. The summed E-state index contributed by atoms with van der Waals surface area (Å²) < 4.78 is 14.5. The number of hydrogen-bond acceptors (Lipinski definition) is 4. The van der Waals surface area contributed by atoms with Crippen molar-refractivity contribution >= 4 is 88.8 Å². The molecule has 0 saturated heterocycles. The zero-order valence-corrected chi connectivity index (χ0v) is 48.0. The van der Waals surface area contributed by atoms with Crippen LogP contribution in [-0.2, 0) is 16.2 Å².